The lowest BCUT2D eigenvalue weighted by atomic mass is 10.1. The topological polar surface area (TPSA) is 55.6 Å². The predicted octanol–water partition coefficient (Wildman–Crippen LogP) is 2.64. The summed E-state index contributed by atoms with van der Waals surface area (Å²) in [4.78, 5) is 8.77. The van der Waals surface area contributed by atoms with Gasteiger partial charge in [-0.1, -0.05) is 13.8 Å². The molecule has 0 saturated carbocycles. The van der Waals surface area contributed by atoms with Gasteiger partial charge in [0.25, 0.3) is 0 Å². The van der Waals surface area contributed by atoms with Crippen LogP contribution in [-0.2, 0) is 13.5 Å². The maximum atomic E-state index is 4.51. The molecule has 1 atom stereocenters. The SMILES string of the molecule is CCc1cnc(C)nc1N[C@@H](CC)c1cnn(C)c1. The summed E-state index contributed by atoms with van der Waals surface area (Å²) >= 11 is 0. The minimum Gasteiger partial charge on any atom is -0.363 e. The zero-order chi connectivity index (χ0) is 13.8. The molecule has 2 rings (SSSR count). The van der Waals surface area contributed by atoms with Crippen molar-refractivity contribution in [3.05, 3.63) is 35.5 Å². The molecule has 0 aliphatic rings. The molecule has 0 aliphatic carbocycles. The molecule has 0 unspecified atom stereocenters. The second-order valence-corrected chi connectivity index (χ2v) is 4.70. The first kappa shape index (κ1) is 13.5. The Morgan fingerprint density at radius 3 is 2.68 bits per heavy atom. The van der Waals surface area contributed by atoms with Crippen LogP contribution in [0.3, 0.4) is 0 Å². The van der Waals surface area contributed by atoms with E-state index in [0.717, 1.165) is 30.0 Å². The lowest BCUT2D eigenvalue weighted by Gasteiger charge is -2.18. The van der Waals surface area contributed by atoms with Gasteiger partial charge in [0, 0.05) is 30.6 Å². The van der Waals surface area contributed by atoms with Crippen molar-refractivity contribution in [1.29, 1.82) is 0 Å². The number of rotatable bonds is 5. The Morgan fingerprint density at radius 2 is 2.11 bits per heavy atom. The fourth-order valence-corrected chi connectivity index (χ4v) is 2.08. The summed E-state index contributed by atoms with van der Waals surface area (Å²) in [6, 6.07) is 0.230. The van der Waals surface area contributed by atoms with Gasteiger partial charge in [0.1, 0.15) is 11.6 Å². The smallest absolute Gasteiger partial charge is 0.133 e. The van der Waals surface area contributed by atoms with Crippen LogP contribution in [0, 0.1) is 6.92 Å². The van der Waals surface area contributed by atoms with Crippen LogP contribution >= 0.6 is 0 Å². The second kappa shape index (κ2) is 5.82. The van der Waals surface area contributed by atoms with E-state index in [9.17, 15) is 0 Å². The first-order valence-electron chi connectivity index (χ1n) is 6.71. The van der Waals surface area contributed by atoms with Gasteiger partial charge >= 0.3 is 0 Å². The third-order valence-corrected chi connectivity index (χ3v) is 3.21. The molecule has 0 aromatic carbocycles. The van der Waals surface area contributed by atoms with Crippen molar-refractivity contribution in [1.82, 2.24) is 19.7 Å². The van der Waals surface area contributed by atoms with Crippen molar-refractivity contribution in [3.63, 3.8) is 0 Å². The third kappa shape index (κ3) is 3.10. The summed E-state index contributed by atoms with van der Waals surface area (Å²) < 4.78 is 1.83. The number of hydrogen-bond donors (Lipinski definition) is 1. The number of aryl methyl sites for hydroxylation is 3. The van der Waals surface area contributed by atoms with Gasteiger partial charge in [-0.15, -0.1) is 0 Å². The standard InChI is InChI=1S/C14H21N5/c1-5-11-7-15-10(3)17-14(11)18-13(6-2)12-8-16-19(4)9-12/h7-9,13H,5-6H2,1-4H3,(H,15,17,18)/t13-/m0/s1. The lowest BCUT2D eigenvalue weighted by Crippen LogP contribution is -2.13. The van der Waals surface area contributed by atoms with Crippen molar-refractivity contribution in [2.24, 2.45) is 7.05 Å². The number of nitrogens with one attached hydrogen (secondary N) is 1. The fraction of sp³-hybridized carbons (Fsp3) is 0.500. The number of nitrogens with zero attached hydrogens (tertiary/aromatic N) is 4. The molecule has 0 spiro atoms. The average Bonchev–Trinajstić information content (AvgIpc) is 2.82. The normalized spacial score (nSPS) is 12.4. The highest BCUT2D eigenvalue weighted by atomic mass is 15.2. The largest absolute Gasteiger partial charge is 0.363 e. The maximum absolute atomic E-state index is 4.51. The monoisotopic (exact) mass is 259 g/mol. The van der Waals surface area contributed by atoms with Crippen molar-refractivity contribution in [2.75, 3.05) is 5.32 Å². The zero-order valence-electron chi connectivity index (χ0n) is 12.0. The fourth-order valence-electron chi connectivity index (χ4n) is 2.08. The Balaban J connectivity index is 2.25. The minimum atomic E-state index is 0.230. The van der Waals surface area contributed by atoms with Crippen LogP contribution in [0.4, 0.5) is 5.82 Å². The van der Waals surface area contributed by atoms with E-state index in [1.807, 2.05) is 37.2 Å². The quantitative estimate of drug-likeness (QED) is 0.897. The lowest BCUT2D eigenvalue weighted by molar-refractivity contribution is 0.733. The third-order valence-electron chi connectivity index (χ3n) is 3.21. The molecule has 19 heavy (non-hydrogen) atoms. The molecule has 0 bridgehead atoms. The number of anilines is 1. The summed E-state index contributed by atoms with van der Waals surface area (Å²) in [5, 5.41) is 7.75. The van der Waals surface area contributed by atoms with E-state index < -0.39 is 0 Å². The van der Waals surface area contributed by atoms with E-state index in [2.05, 4.69) is 34.2 Å². The Bertz CT molecular complexity index is 547. The first-order valence-corrected chi connectivity index (χ1v) is 6.71. The van der Waals surface area contributed by atoms with Gasteiger partial charge in [-0.3, -0.25) is 4.68 Å². The summed E-state index contributed by atoms with van der Waals surface area (Å²) in [5.74, 6) is 1.73. The maximum Gasteiger partial charge on any atom is 0.133 e. The van der Waals surface area contributed by atoms with Crippen LogP contribution in [0.5, 0.6) is 0 Å². The van der Waals surface area contributed by atoms with Gasteiger partial charge < -0.3 is 5.32 Å². The van der Waals surface area contributed by atoms with Crippen molar-refractivity contribution < 1.29 is 0 Å². The van der Waals surface area contributed by atoms with Gasteiger partial charge in [0.15, 0.2) is 0 Å². The van der Waals surface area contributed by atoms with Gasteiger partial charge in [0.2, 0.25) is 0 Å². The molecular weight excluding hydrogens is 238 g/mol. The summed E-state index contributed by atoms with van der Waals surface area (Å²) in [5.41, 5.74) is 2.33. The van der Waals surface area contributed by atoms with Crippen molar-refractivity contribution in [3.8, 4) is 0 Å². The Labute approximate surface area is 114 Å². The van der Waals surface area contributed by atoms with Crippen LogP contribution in [0.2, 0.25) is 0 Å². The van der Waals surface area contributed by atoms with Crippen LogP contribution in [0.25, 0.3) is 0 Å². The second-order valence-electron chi connectivity index (χ2n) is 4.70. The van der Waals surface area contributed by atoms with Gasteiger partial charge in [-0.05, 0) is 19.8 Å². The predicted molar refractivity (Wildman–Crippen MR) is 76.0 cm³/mol. The molecule has 1 N–H and O–H groups in total. The van der Waals surface area contributed by atoms with E-state index in [4.69, 9.17) is 0 Å². The molecule has 0 radical (unpaired) electrons. The van der Waals surface area contributed by atoms with Gasteiger partial charge in [-0.25, -0.2) is 9.97 Å². The first-order chi connectivity index (χ1) is 9.13. The van der Waals surface area contributed by atoms with Crippen molar-refractivity contribution >= 4 is 5.82 Å². The highest BCUT2D eigenvalue weighted by Gasteiger charge is 2.14. The molecule has 102 valence electrons. The number of aromatic nitrogens is 4. The van der Waals surface area contributed by atoms with Gasteiger partial charge in [-0.2, -0.15) is 5.10 Å². The van der Waals surface area contributed by atoms with Crippen LogP contribution in [0.15, 0.2) is 18.6 Å². The van der Waals surface area contributed by atoms with E-state index in [0.29, 0.717) is 0 Å². The number of hydrogen-bond acceptors (Lipinski definition) is 4. The minimum absolute atomic E-state index is 0.230. The van der Waals surface area contributed by atoms with E-state index in [-0.39, 0.29) is 6.04 Å². The summed E-state index contributed by atoms with van der Waals surface area (Å²) in [7, 11) is 1.93. The Morgan fingerprint density at radius 1 is 1.32 bits per heavy atom. The summed E-state index contributed by atoms with van der Waals surface area (Å²) in [6.45, 7) is 6.18. The molecule has 0 fully saturated rings. The summed E-state index contributed by atoms with van der Waals surface area (Å²) in [6.07, 6.45) is 7.76. The van der Waals surface area contributed by atoms with E-state index in [1.54, 1.807) is 0 Å². The average molecular weight is 259 g/mol. The van der Waals surface area contributed by atoms with Crippen LogP contribution in [0.1, 0.15) is 43.3 Å². The van der Waals surface area contributed by atoms with Crippen molar-refractivity contribution in [2.45, 2.75) is 39.7 Å². The molecule has 5 nitrogen and oxygen atoms in total. The Kier molecular flexibility index (Phi) is 4.14. The molecule has 5 heteroatoms. The van der Waals surface area contributed by atoms with Crippen LogP contribution in [-0.4, -0.2) is 19.7 Å². The van der Waals surface area contributed by atoms with Gasteiger partial charge in [0.05, 0.1) is 12.2 Å². The van der Waals surface area contributed by atoms with E-state index in [1.165, 1.54) is 5.56 Å². The molecule has 2 aromatic heterocycles. The molecule has 0 amide bonds. The molecule has 0 saturated heterocycles. The Hall–Kier alpha value is -1.91. The molecule has 0 aliphatic heterocycles. The molecule has 2 heterocycles. The highest BCUT2D eigenvalue weighted by molar-refractivity contribution is 5.45. The zero-order valence-corrected chi connectivity index (χ0v) is 12.0. The highest BCUT2D eigenvalue weighted by Crippen LogP contribution is 2.23. The van der Waals surface area contributed by atoms with E-state index >= 15 is 0 Å². The molecule has 2 aromatic rings. The molecular formula is C14H21N5. The van der Waals surface area contributed by atoms with Crippen LogP contribution < -0.4 is 5.32 Å².